The van der Waals surface area contributed by atoms with Crippen molar-refractivity contribution in [3.63, 3.8) is 0 Å². The van der Waals surface area contributed by atoms with Crippen LogP contribution in [-0.4, -0.2) is 40.1 Å². The van der Waals surface area contributed by atoms with Crippen LogP contribution < -0.4 is 15.2 Å². The number of pyridine rings is 1. The number of methoxy groups -OCH3 is 1. The summed E-state index contributed by atoms with van der Waals surface area (Å²) >= 11 is 0. The van der Waals surface area contributed by atoms with Gasteiger partial charge in [-0.2, -0.15) is 0 Å². The number of allylic oxidation sites excluding steroid dienone is 1. The molecule has 0 atom stereocenters. The van der Waals surface area contributed by atoms with Gasteiger partial charge in [-0.1, -0.05) is 0 Å². The summed E-state index contributed by atoms with van der Waals surface area (Å²) in [6.45, 7) is 4.00. The second-order valence-corrected chi connectivity index (χ2v) is 5.49. The van der Waals surface area contributed by atoms with E-state index >= 15 is 0 Å². The molecule has 8 heteroatoms. The highest BCUT2D eigenvalue weighted by Gasteiger charge is 2.13. The van der Waals surface area contributed by atoms with Gasteiger partial charge in [0.05, 0.1) is 24.6 Å². The van der Waals surface area contributed by atoms with Crippen LogP contribution in [0.1, 0.15) is 35.6 Å². The molecular formula is C18H21N5O3. The molecule has 0 aliphatic heterocycles. The SMILES string of the molecule is COc1cc(C=O)c(OCc2nccnc2C(C=CN)=NC(C)C)cn1. The van der Waals surface area contributed by atoms with Crippen LogP contribution in [-0.2, 0) is 6.61 Å². The molecule has 0 aliphatic rings. The Morgan fingerprint density at radius 1 is 1.31 bits per heavy atom. The molecule has 0 fully saturated rings. The number of aliphatic imine (C=N–C) groups is 1. The Balaban J connectivity index is 2.30. The molecule has 0 spiro atoms. The summed E-state index contributed by atoms with van der Waals surface area (Å²) in [6, 6.07) is 1.56. The predicted octanol–water partition coefficient (Wildman–Crippen LogP) is 1.94. The standard InChI is InChI=1S/C18H21N5O3/c1-12(2)23-14(4-5-19)18-15(20-6-7-21-18)11-26-16-9-22-17(25-3)8-13(16)10-24/h4-10,12H,11,19H2,1-3H3. The fourth-order valence-electron chi connectivity index (χ4n) is 2.15. The zero-order chi connectivity index (χ0) is 18.9. The molecule has 0 bridgehead atoms. The molecule has 0 unspecified atom stereocenters. The van der Waals surface area contributed by atoms with Gasteiger partial charge < -0.3 is 15.2 Å². The Hall–Kier alpha value is -3.29. The van der Waals surface area contributed by atoms with E-state index in [1.807, 2.05) is 13.8 Å². The molecule has 2 aromatic rings. The number of nitrogens with zero attached hydrogens (tertiary/aromatic N) is 4. The first-order chi connectivity index (χ1) is 12.6. The average molecular weight is 355 g/mol. The minimum absolute atomic E-state index is 0.0597. The van der Waals surface area contributed by atoms with E-state index in [9.17, 15) is 4.79 Å². The van der Waals surface area contributed by atoms with Gasteiger partial charge in [0.2, 0.25) is 5.88 Å². The Morgan fingerprint density at radius 3 is 2.73 bits per heavy atom. The molecular weight excluding hydrogens is 334 g/mol. The Kier molecular flexibility index (Phi) is 6.78. The van der Waals surface area contributed by atoms with Gasteiger partial charge in [-0.05, 0) is 26.1 Å². The Morgan fingerprint density at radius 2 is 2.08 bits per heavy atom. The molecule has 0 amide bonds. The summed E-state index contributed by atoms with van der Waals surface area (Å²) in [4.78, 5) is 28.5. The number of carbonyl (C=O) groups is 1. The molecule has 0 aliphatic carbocycles. The smallest absolute Gasteiger partial charge is 0.213 e. The molecule has 136 valence electrons. The summed E-state index contributed by atoms with van der Waals surface area (Å²) in [7, 11) is 1.48. The van der Waals surface area contributed by atoms with Crippen LogP contribution in [0.3, 0.4) is 0 Å². The third kappa shape index (κ3) is 4.85. The topological polar surface area (TPSA) is 113 Å². The lowest BCUT2D eigenvalue weighted by atomic mass is 10.2. The lowest BCUT2D eigenvalue weighted by Crippen LogP contribution is -2.12. The van der Waals surface area contributed by atoms with Crippen molar-refractivity contribution in [3.8, 4) is 11.6 Å². The molecule has 2 aromatic heterocycles. The zero-order valence-corrected chi connectivity index (χ0v) is 14.9. The molecule has 2 rings (SSSR count). The number of carbonyl (C=O) groups excluding carboxylic acids is 1. The minimum atomic E-state index is 0.0597. The Labute approximate surface area is 151 Å². The van der Waals surface area contributed by atoms with Crippen LogP contribution in [0.2, 0.25) is 0 Å². The van der Waals surface area contributed by atoms with Crippen molar-refractivity contribution < 1.29 is 14.3 Å². The first-order valence-electron chi connectivity index (χ1n) is 7.97. The lowest BCUT2D eigenvalue weighted by molar-refractivity contribution is 0.111. The largest absolute Gasteiger partial charge is 0.485 e. The first-order valence-corrected chi connectivity index (χ1v) is 7.97. The van der Waals surface area contributed by atoms with Gasteiger partial charge >= 0.3 is 0 Å². The number of aromatic nitrogens is 3. The summed E-state index contributed by atoms with van der Waals surface area (Å²) < 4.78 is 10.7. The molecule has 0 saturated heterocycles. The van der Waals surface area contributed by atoms with E-state index in [0.717, 1.165) is 0 Å². The summed E-state index contributed by atoms with van der Waals surface area (Å²) in [5.41, 5.74) is 7.60. The minimum Gasteiger partial charge on any atom is -0.485 e. The van der Waals surface area contributed by atoms with Crippen LogP contribution in [0.4, 0.5) is 0 Å². The zero-order valence-electron chi connectivity index (χ0n) is 14.9. The third-order valence-corrected chi connectivity index (χ3v) is 3.24. The Bertz CT molecular complexity index is 818. The van der Waals surface area contributed by atoms with Crippen molar-refractivity contribution in [3.05, 3.63) is 53.9 Å². The second kappa shape index (κ2) is 9.26. The maximum absolute atomic E-state index is 11.3. The van der Waals surface area contributed by atoms with Gasteiger partial charge in [0.1, 0.15) is 23.7 Å². The lowest BCUT2D eigenvalue weighted by Gasteiger charge is -2.12. The van der Waals surface area contributed by atoms with Crippen LogP contribution in [0, 0.1) is 0 Å². The summed E-state index contributed by atoms with van der Waals surface area (Å²) in [5.74, 6) is 0.660. The van der Waals surface area contributed by atoms with E-state index in [-0.39, 0.29) is 12.6 Å². The number of hydrogen-bond acceptors (Lipinski definition) is 8. The van der Waals surface area contributed by atoms with Gasteiger partial charge in [-0.25, -0.2) is 4.98 Å². The van der Waals surface area contributed by atoms with Gasteiger partial charge in [0, 0.05) is 24.5 Å². The molecule has 26 heavy (non-hydrogen) atoms. The van der Waals surface area contributed by atoms with Crippen molar-refractivity contribution in [1.82, 2.24) is 15.0 Å². The van der Waals surface area contributed by atoms with E-state index in [2.05, 4.69) is 19.9 Å². The number of rotatable bonds is 8. The van der Waals surface area contributed by atoms with E-state index in [0.29, 0.717) is 40.6 Å². The van der Waals surface area contributed by atoms with Crippen molar-refractivity contribution in [1.29, 1.82) is 0 Å². The van der Waals surface area contributed by atoms with E-state index in [1.54, 1.807) is 18.5 Å². The maximum atomic E-state index is 11.3. The highest BCUT2D eigenvalue weighted by Crippen LogP contribution is 2.21. The third-order valence-electron chi connectivity index (χ3n) is 3.24. The number of nitrogens with two attached hydrogens (primary N) is 1. The van der Waals surface area contributed by atoms with Crippen LogP contribution >= 0.6 is 0 Å². The quantitative estimate of drug-likeness (QED) is 0.569. The average Bonchev–Trinajstić information content (AvgIpc) is 2.65. The fourth-order valence-corrected chi connectivity index (χ4v) is 2.15. The number of ether oxygens (including phenoxy) is 2. The van der Waals surface area contributed by atoms with Gasteiger partial charge in [-0.3, -0.25) is 19.8 Å². The highest BCUT2D eigenvalue weighted by atomic mass is 16.5. The van der Waals surface area contributed by atoms with Crippen molar-refractivity contribution >= 4 is 12.0 Å². The van der Waals surface area contributed by atoms with Gasteiger partial charge in [0.25, 0.3) is 0 Å². The number of aldehydes is 1. The van der Waals surface area contributed by atoms with Gasteiger partial charge in [-0.15, -0.1) is 0 Å². The molecule has 0 aromatic carbocycles. The van der Waals surface area contributed by atoms with Crippen LogP contribution in [0.25, 0.3) is 0 Å². The van der Waals surface area contributed by atoms with Crippen molar-refractivity contribution in [2.24, 2.45) is 10.7 Å². The normalized spacial score (nSPS) is 11.8. The van der Waals surface area contributed by atoms with Gasteiger partial charge in [0.15, 0.2) is 6.29 Å². The molecule has 0 radical (unpaired) electrons. The van der Waals surface area contributed by atoms with Crippen molar-refractivity contribution in [2.75, 3.05) is 7.11 Å². The maximum Gasteiger partial charge on any atom is 0.213 e. The monoisotopic (exact) mass is 355 g/mol. The van der Waals surface area contributed by atoms with E-state index < -0.39 is 0 Å². The molecule has 8 nitrogen and oxygen atoms in total. The highest BCUT2D eigenvalue weighted by molar-refractivity contribution is 6.08. The summed E-state index contributed by atoms with van der Waals surface area (Å²) in [5, 5.41) is 0. The molecule has 2 N–H and O–H groups in total. The van der Waals surface area contributed by atoms with Crippen molar-refractivity contribution in [2.45, 2.75) is 26.5 Å². The van der Waals surface area contributed by atoms with E-state index in [1.165, 1.54) is 25.6 Å². The van der Waals surface area contributed by atoms with Crippen LogP contribution in [0.5, 0.6) is 11.6 Å². The second-order valence-electron chi connectivity index (χ2n) is 5.49. The van der Waals surface area contributed by atoms with Crippen LogP contribution in [0.15, 0.2) is 41.9 Å². The molecule has 2 heterocycles. The first kappa shape index (κ1) is 19.0. The molecule has 0 saturated carbocycles. The van der Waals surface area contributed by atoms with E-state index in [4.69, 9.17) is 15.2 Å². The summed E-state index contributed by atoms with van der Waals surface area (Å²) in [6.07, 6.45) is 8.32. The fraction of sp³-hybridized carbons (Fsp3) is 0.278. The number of hydrogen-bond donors (Lipinski definition) is 1. The predicted molar refractivity (Wildman–Crippen MR) is 97.5 cm³/mol.